The van der Waals surface area contributed by atoms with Crippen LogP contribution in [0.4, 0.5) is 16.6 Å². The van der Waals surface area contributed by atoms with Gasteiger partial charge in [0.15, 0.2) is 5.82 Å². The summed E-state index contributed by atoms with van der Waals surface area (Å²) >= 11 is 0. The highest BCUT2D eigenvalue weighted by Crippen LogP contribution is 2.15. The molecule has 3 heterocycles. The number of likely N-dealkylation sites (tertiary alicyclic amines) is 1. The smallest absolute Gasteiger partial charge is 0.409 e. The Morgan fingerprint density at radius 3 is 2.81 bits per heavy atom. The first kappa shape index (κ1) is 18.6. The minimum atomic E-state index is -0.397. The van der Waals surface area contributed by atoms with Crippen LogP contribution < -0.4 is 10.6 Å². The van der Waals surface area contributed by atoms with E-state index < -0.39 is 5.91 Å². The molecule has 1 aliphatic rings. The molecule has 0 unspecified atom stereocenters. The van der Waals surface area contributed by atoms with Crippen molar-refractivity contribution in [1.82, 2.24) is 20.0 Å². The highest BCUT2D eigenvalue weighted by molar-refractivity contribution is 6.02. The largest absolute Gasteiger partial charge is 0.450 e. The van der Waals surface area contributed by atoms with Gasteiger partial charge in [-0.1, -0.05) is 5.16 Å². The van der Waals surface area contributed by atoms with E-state index in [1.165, 1.54) is 12.3 Å². The van der Waals surface area contributed by atoms with Crippen LogP contribution in [0.3, 0.4) is 0 Å². The first-order valence-corrected chi connectivity index (χ1v) is 8.81. The van der Waals surface area contributed by atoms with Crippen LogP contribution in [-0.2, 0) is 4.74 Å². The molecule has 2 aromatic rings. The van der Waals surface area contributed by atoms with Crippen LogP contribution in [-0.4, -0.2) is 57.8 Å². The van der Waals surface area contributed by atoms with Crippen LogP contribution in [0.2, 0.25) is 0 Å². The number of amides is 2. The molecule has 0 radical (unpaired) electrons. The molecule has 0 aliphatic carbocycles. The number of rotatable bonds is 5. The van der Waals surface area contributed by atoms with Gasteiger partial charge in [0.1, 0.15) is 11.5 Å². The second-order valence-corrected chi connectivity index (χ2v) is 6.15. The van der Waals surface area contributed by atoms with Crippen LogP contribution in [0.15, 0.2) is 22.9 Å². The summed E-state index contributed by atoms with van der Waals surface area (Å²) in [5.41, 5.74) is 0.220. The Hall–Kier alpha value is -3.17. The molecule has 0 spiro atoms. The molecular weight excluding hydrogens is 352 g/mol. The maximum atomic E-state index is 12.3. The lowest BCUT2D eigenvalue weighted by molar-refractivity contribution is 0.0980. The summed E-state index contributed by atoms with van der Waals surface area (Å²) in [6, 6.07) is 3.26. The Balaban J connectivity index is 1.55. The lowest BCUT2D eigenvalue weighted by Gasteiger charge is -2.31. The molecule has 1 fully saturated rings. The van der Waals surface area contributed by atoms with Crippen LogP contribution >= 0.6 is 0 Å². The third-order valence-electron chi connectivity index (χ3n) is 4.11. The van der Waals surface area contributed by atoms with Gasteiger partial charge in [-0.25, -0.2) is 14.8 Å². The molecule has 10 heteroatoms. The highest BCUT2D eigenvalue weighted by atomic mass is 16.6. The van der Waals surface area contributed by atoms with Crippen molar-refractivity contribution in [2.45, 2.75) is 32.7 Å². The number of nitrogens with zero attached hydrogens (tertiary/aromatic N) is 4. The van der Waals surface area contributed by atoms with Crippen molar-refractivity contribution in [3.05, 3.63) is 29.8 Å². The minimum absolute atomic E-state index is 0.118. The molecule has 0 atom stereocenters. The Kier molecular flexibility index (Phi) is 5.84. The topological polar surface area (TPSA) is 122 Å². The van der Waals surface area contributed by atoms with E-state index >= 15 is 0 Å². The van der Waals surface area contributed by atoms with Crippen molar-refractivity contribution < 1.29 is 18.8 Å². The summed E-state index contributed by atoms with van der Waals surface area (Å²) in [5.74, 6) is 0.904. The lowest BCUT2D eigenvalue weighted by atomic mass is 10.1. The monoisotopic (exact) mass is 374 g/mol. The van der Waals surface area contributed by atoms with Gasteiger partial charge in [-0.15, -0.1) is 0 Å². The van der Waals surface area contributed by atoms with E-state index in [0.717, 1.165) is 12.8 Å². The SMILES string of the molecule is CCOC(=O)N1CCC(Nc2nccc(C(=O)Nc3cc(C)on3)n2)CC1. The summed E-state index contributed by atoms with van der Waals surface area (Å²) in [7, 11) is 0. The van der Waals surface area contributed by atoms with Crippen molar-refractivity contribution in [3.63, 3.8) is 0 Å². The number of piperidine rings is 1. The number of carbonyl (C=O) groups is 2. The summed E-state index contributed by atoms with van der Waals surface area (Å²) in [4.78, 5) is 34.1. The van der Waals surface area contributed by atoms with E-state index in [1.54, 1.807) is 24.8 Å². The molecule has 3 rings (SSSR count). The maximum Gasteiger partial charge on any atom is 0.409 e. The van der Waals surface area contributed by atoms with Crippen molar-refractivity contribution >= 4 is 23.8 Å². The third-order valence-corrected chi connectivity index (χ3v) is 4.11. The van der Waals surface area contributed by atoms with E-state index in [9.17, 15) is 9.59 Å². The molecule has 1 saturated heterocycles. The van der Waals surface area contributed by atoms with E-state index in [4.69, 9.17) is 9.26 Å². The fourth-order valence-corrected chi connectivity index (χ4v) is 2.76. The number of ether oxygens (including phenoxy) is 1. The molecule has 0 aromatic carbocycles. The summed E-state index contributed by atoms with van der Waals surface area (Å²) in [6.45, 7) is 5.09. The number of nitrogens with one attached hydrogen (secondary N) is 2. The molecule has 2 aromatic heterocycles. The van der Waals surface area contributed by atoms with Crippen LogP contribution in [0.1, 0.15) is 36.0 Å². The van der Waals surface area contributed by atoms with E-state index in [0.29, 0.717) is 37.2 Å². The zero-order valence-electron chi connectivity index (χ0n) is 15.3. The second kappa shape index (κ2) is 8.47. The van der Waals surface area contributed by atoms with E-state index in [1.807, 2.05) is 0 Å². The van der Waals surface area contributed by atoms with Crippen LogP contribution in [0.5, 0.6) is 0 Å². The number of hydrogen-bond acceptors (Lipinski definition) is 8. The van der Waals surface area contributed by atoms with Crippen LogP contribution in [0.25, 0.3) is 0 Å². The average molecular weight is 374 g/mol. The fourth-order valence-electron chi connectivity index (χ4n) is 2.76. The Morgan fingerprint density at radius 1 is 1.37 bits per heavy atom. The van der Waals surface area contributed by atoms with E-state index in [-0.39, 0.29) is 17.8 Å². The normalized spacial score (nSPS) is 14.7. The first-order chi connectivity index (χ1) is 13.0. The number of aromatic nitrogens is 3. The zero-order valence-corrected chi connectivity index (χ0v) is 15.3. The fraction of sp³-hybridized carbons (Fsp3) is 0.471. The zero-order chi connectivity index (χ0) is 19.2. The minimum Gasteiger partial charge on any atom is -0.450 e. The van der Waals surface area contributed by atoms with Gasteiger partial charge < -0.3 is 24.8 Å². The molecule has 27 heavy (non-hydrogen) atoms. The van der Waals surface area contributed by atoms with Gasteiger partial charge in [-0.2, -0.15) is 0 Å². The number of hydrogen-bond donors (Lipinski definition) is 2. The predicted molar refractivity (Wildman–Crippen MR) is 96.5 cm³/mol. The number of carbonyl (C=O) groups excluding carboxylic acids is 2. The van der Waals surface area contributed by atoms with Crippen molar-refractivity contribution in [1.29, 1.82) is 0 Å². The van der Waals surface area contributed by atoms with Gasteiger partial charge in [0.2, 0.25) is 5.95 Å². The average Bonchev–Trinajstić information content (AvgIpc) is 3.07. The highest BCUT2D eigenvalue weighted by Gasteiger charge is 2.24. The lowest BCUT2D eigenvalue weighted by Crippen LogP contribution is -2.42. The molecule has 0 bridgehead atoms. The van der Waals surface area contributed by atoms with Gasteiger partial charge in [-0.05, 0) is 32.8 Å². The first-order valence-electron chi connectivity index (χ1n) is 8.81. The predicted octanol–water partition coefficient (Wildman–Crippen LogP) is 2.06. The molecule has 10 nitrogen and oxygen atoms in total. The Morgan fingerprint density at radius 2 is 2.15 bits per heavy atom. The van der Waals surface area contributed by atoms with Crippen molar-refractivity contribution in [2.75, 3.05) is 30.3 Å². The molecule has 0 saturated carbocycles. The summed E-state index contributed by atoms with van der Waals surface area (Å²) in [6.07, 6.45) is 2.73. The van der Waals surface area contributed by atoms with Crippen LogP contribution in [0, 0.1) is 6.92 Å². The van der Waals surface area contributed by atoms with Gasteiger partial charge in [-0.3, -0.25) is 4.79 Å². The summed E-state index contributed by atoms with van der Waals surface area (Å²) in [5, 5.41) is 9.56. The molecular formula is C17H22N6O4. The Labute approximate surface area is 156 Å². The van der Waals surface area contributed by atoms with Crippen molar-refractivity contribution in [3.8, 4) is 0 Å². The maximum absolute atomic E-state index is 12.3. The van der Waals surface area contributed by atoms with Gasteiger partial charge in [0, 0.05) is 31.4 Å². The second-order valence-electron chi connectivity index (χ2n) is 6.15. The van der Waals surface area contributed by atoms with E-state index in [2.05, 4.69) is 25.8 Å². The third kappa shape index (κ3) is 4.93. The van der Waals surface area contributed by atoms with Gasteiger partial charge in [0.25, 0.3) is 5.91 Å². The Bertz CT molecular complexity index is 800. The van der Waals surface area contributed by atoms with Gasteiger partial charge >= 0.3 is 6.09 Å². The molecule has 2 N–H and O–H groups in total. The molecule has 1 aliphatic heterocycles. The van der Waals surface area contributed by atoms with Crippen molar-refractivity contribution in [2.24, 2.45) is 0 Å². The molecule has 144 valence electrons. The molecule has 2 amide bonds. The quantitative estimate of drug-likeness (QED) is 0.815. The number of aryl methyl sites for hydroxylation is 1. The standard InChI is InChI=1S/C17H22N6O4/c1-3-26-17(25)23-8-5-12(6-9-23)19-16-18-7-4-13(20-16)15(24)21-14-10-11(2)27-22-14/h4,7,10,12H,3,5-6,8-9H2,1-2H3,(H,18,19,20)(H,21,22,24). The number of anilines is 2. The summed E-state index contributed by atoms with van der Waals surface area (Å²) < 4.78 is 9.93. The van der Waals surface area contributed by atoms with Gasteiger partial charge in [0.05, 0.1) is 6.61 Å².